The molecule has 0 aliphatic carbocycles. The molecule has 0 radical (unpaired) electrons. The number of ether oxygens (including phenoxy) is 4. The van der Waals surface area contributed by atoms with E-state index in [-0.39, 0.29) is 12.4 Å². The van der Waals surface area contributed by atoms with E-state index in [1.54, 1.807) is 18.2 Å². The maximum absolute atomic E-state index is 11.3. The zero-order valence-electron chi connectivity index (χ0n) is 12.0. The van der Waals surface area contributed by atoms with Crippen LogP contribution in [-0.4, -0.2) is 33.3 Å². The molecule has 0 amide bonds. The Morgan fingerprint density at radius 2 is 1.85 bits per heavy atom. The molecule has 1 unspecified atom stereocenters. The minimum Gasteiger partial charge on any atom is -0.493 e. The monoisotopic (exact) mass is 282 g/mol. The van der Waals surface area contributed by atoms with E-state index in [0.29, 0.717) is 11.5 Å². The van der Waals surface area contributed by atoms with Gasteiger partial charge in [0.1, 0.15) is 0 Å². The van der Waals surface area contributed by atoms with E-state index >= 15 is 0 Å². The van der Waals surface area contributed by atoms with E-state index < -0.39 is 12.1 Å². The summed E-state index contributed by atoms with van der Waals surface area (Å²) in [5, 5.41) is 0. The maximum atomic E-state index is 11.3. The normalized spacial score (nSPS) is 11.6. The second kappa shape index (κ2) is 7.49. The third-order valence-corrected chi connectivity index (χ3v) is 2.68. The number of hydrogen-bond acceptors (Lipinski definition) is 6. The lowest BCUT2D eigenvalue weighted by Crippen LogP contribution is -2.11. The van der Waals surface area contributed by atoms with Crippen molar-refractivity contribution in [1.29, 1.82) is 0 Å². The Hall–Kier alpha value is -2.08. The van der Waals surface area contributed by atoms with Crippen LogP contribution in [0, 0.1) is 0 Å². The van der Waals surface area contributed by atoms with Gasteiger partial charge in [0.25, 0.3) is 0 Å². The Balaban J connectivity index is 3.00. The Kier molecular flexibility index (Phi) is 5.99. The van der Waals surface area contributed by atoms with E-state index in [0.717, 1.165) is 5.56 Å². The van der Waals surface area contributed by atoms with Crippen LogP contribution >= 0.6 is 0 Å². The molecule has 0 saturated heterocycles. The van der Waals surface area contributed by atoms with E-state index in [1.165, 1.54) is 28.3 Å². The average Bonchev–Trinajstić information content (AvgIpc) is 2.44. The number of methoxy groups -OCH3 is 3. The summed E-state index contributed by atoms with van der Waals surface area (Å²) in [5.74, 6) is -0.102. The molecule has 0 N–H and O–H groups in total. The first-order valence-electron chi connectivity index (χ1n) is 5.97. The molecular weight excluding hydrogens is 264 g/mol. The molecule has 110 valence electrons. The minimum atomic E-state index is -0.456. The highest BCUT2D eigenvalue weighted by molar-refractivity contribution is 5.71. The summed E-state index contributed by atoms with van der Waals surface area (Å²) in [6.07, 6.45) is -0.369. The Bertz CT molecular complexity index is 483. The van der Waals surface area contributed by atoms with Gasteiger partial charge < -0.3 is 18.9 Å². The maximum Gasteiger partial charge on any atom is 0.308 e. The van der Waals surface area contributed by atoms with Gasteiger partial charge in [-0.15, -0.1) is 0 Å². The molecule has 0 heterocycles. The number of carbonyl (C=O) groups is 2. The SMILES string of the molecule is COC(=O)CC(OC)c1ccc(OC(C)=O)c(OC)c1. The van der Waals surface area contributed by atoms with E-state index in [9.17, 15) is 9.59 Å². The fraction of sp³-hybridized carbons (Fsp3) is 0.429. The number of rotatable bonds is 6. The highest BCUT2D eigenvalue weighted by atomic mass is 16.6. The van der Waals surface area contributed by atoms with E-state index in [1.807, 2.05) is 0 Å². The van der Waals surface area contributed by atoms with Crippen molar-refractivity contribution >= 4 is 11.9 Å². The van der Waals surface area contributed by atoms with Crippen molar-refractivity contribution in [3.63, 3.8) is 0 Å². The summed E-state index contributed by atoms with van der Waals surface area (Å²) in [6, 6.07) is 4.96. The standard InChI is InChI=1S/C14H18O6/c1-9(15)20-11-6-5-10(7-13(11)18-3)12(17-2)8-14(16)19-4/h5-7,12H,8H2,1-4H3. The molecule has 1 atom stereocenters. The molecule has 0 aliphatic heterocycles. The summed E-state index contributed by atoms with van der Waals surface area (Å²) in [7, 11) is 4.29. The van der Waals surface area contributed by atoms with Crippen LogP contribution in [0.5, 0.6) is 11.5 Å². The van der Waals surface area contributed by atoms with Gasteiger partial charge >= 0.3 is 11.9 Å². The van der Waals surface area contributed by atoms with Gasteiger partial charge in [-0.25, -0.2) is 0 Å². The zero-order valence-corrected chi connectivity index (χ0v) is 12.0. The van der Waals surface area contributed by atoms with Gasteiger partial charge in [-0.1, -0.05) is 6.07 Å². The molecule has 6 nitrogen and oxygen atoms in total. The molecule has 0 aliphatic rings. The summed E-state index contributed by atoms with van der Waals surface area (Å²) < 4.78 is 20.1. The lowest BCUT2D eigenvalue weighted by atomic mass is 10.1. The first kappa shape index (κ1) is 16.0. The number of benzene rings is 1. The molecule has 0 aromatic heterocycles. The smallest absolute Gasteiger partial charge is 0.308 e. The van der Waals surface area contributed by atoms with E-state index in [4.69, 9.17) is 14.2 Å². The molecule has 0 bridgehead atoms. The molecule has 6 heteroatoms. The van der Waals surface area contributed by atoms with E-state index in [2.05, 4.69) is 4.74 Å². The quantitative estimate of drug-likeness (QED) is 0.586. The van der Waals surface area contributed by atoms with Crippen molar-refractivity contribution in [2.24, 2.45) is 0 Å². The van der Waals surface area contributed by atoms with Crippen LogP contribution in [0.2, 0.25) is 0 Å². The van der Waals surface area contributed by atoms with Crippen LogP contribution in [-0.2, 0) is 19.1 Å². The molecule has 0 fully saturated rings. The van der Waals surface area contributed by atoms with Gasteiger partial charge in [0.05, 0.1) is 26.7 Å². The Labute approximate surface area is 117 Å². The predicted octanol–water partition coefficient (Wildman–Crippen LogP) is 1.87. The van der Waals surface area contributed by atoms with Crippen molar-refractivity contribution < 1.29 is 28.5 Å². The van der Waals surface area contributed by atoms with Crippen molar-refractivity contribution in [2.75, 3.05) is 21.3 Å². The Morgan fingerprint density at radius 3 is 2.35 bits per heavy atom. The molecule has 1 rings (SSSR count). The average molecular weight is 282 g/mol. The van der Waals surface area contributed by atoms with Crippen molar-refractivity contribution in [1.82, 2.24) is 0 Å². The van der Waals surface area contributed by atoms with Crippen LogP contribution in [0.15, 0.2) is 18.2 Å². The van der Waals surface area contributed by atoms with Crippen LogP contribution in [0.4, 0.5) is 0 Å². The van der Waals surface area contributed by atoms with Gasteiger partial charge in [0, 0.05) is 14.0 Å². The third kappa shape index (κ3) is 4.24. The van der Waals surface area contributed by atoms with Gasteiger partial charge in [-0.2, -0.15) is 0 Å². The van der Waals surface area contributed by atoms with Gasteiger partial charge in [0.15, 0.2) is 11.5 Å². The number of carbonyl (C=O) groups excluding carboxylic acids is 2. The van der Waals surface area contributed by atoms with Gasteiger partial charge in [0.2, 0.25) is 0 Å². The van der Waals surface area contributed by atoms with Crippen LogP contribution in [0.1, 0.15) is 25.0 Å². The van der Waals surface area contributed by atoms with Gasteiger partial charge in [-0.05, 0) is 17.7 Å². The predicted molar refractivity (Wildman–Crippen MR) is 70.7 cm³/mol. The van der Waals surface area contributed by atoms with Gasteiger partial charge in [-0.3, -0.25) is 9.59 Å². The first-order valence-corrected chi connectivity index (χ1v) is 5.97. The highest BCUT2D eigenvalue weighted by Gasteiger charge is 2.18. The Morgan fingerprint density at radius 1 is 1.15 bits per heavy atom. The summed E-state index contributed by atoms with van der Waals surface area (Å²) in [5.41, 5.74) is 0.727. The van der Waals surface area contributed by atoms with Crippen LogP contribution < -0.4 is 9.47 Å². The molecule has 0 saturated carbocycles. The lowest BCUT2D eigenvalue weighted by molar-refractivity contribution is -0.143. The van der Waals surface area contributed by atoms with Crippen molar-refractivity contribution in [3.05, 3.63) is 23.8 Å². The second-order valence-electron chi connectivity index (χ2n) is 4.01. The molecule has 1 aromatic rings. The fourth-order valence-corrected chi connectivity index (χ4v) is 1.70. The zero-order chi connectivity index (χ0) is 15.1. The molecule has 1 aromatic carbocycles. The molecular formula is C14H18O6. The van der Waals surface area contributed by atoms with Crippen LogP contribution in [0.3, 0.4) is 0 Å². The summed E-state index contributed by atoms with van der Waals surface area (Å²) in [4.78, 5) is 22.3. The molecule has 0 spiro atoms. The highest BCUT2D eigenvalue weighted by Crippen LogP contribution is 2.32. The second-order valence-corrected chi connectivity index (χ2v) is 4.01. The third-order valence-electron chi connectivity index (χ3n) is 2.68. The van der Waals surface area contributed by atoms with Crippen molar-refractivity contribution in [2.45, 2.75) is 19.4 Å². The van der Waals surface area contributed by atoms with Crippen LogP contribution in [0.25, 0.3) is 0 Å². The topological polar surface area (TPSA) is 71.1 Å². The lowest BCUT2D eigenvalue weighted by Gasteiger charge is -2.16. The summed E-state index contributed by atoms with van der Waals surface area (Å²) in [6.45, 7) is 1.31. The fourth-order valence-electron chi connectivity index (χ4n) is 1.70. The minimum absolute atomic E-state index is 0.0864. The largest absolute Gasteiger partial charge is 0.493 e. The summed E-state index contributed by atoms with van der Waals surface area (Å²) >= 11 is 0. The number of esters is 2. The number of hydrogen-bond donors (Lipinski definition) is 0. The molecule has 20 heavy (non-hydrogen) atoms. The van der Waals surface area contributed by atoms with Crippen molar-refractivity contribution in [3.8, 4) is 11.5 Å². The first-order chi connectivity index (χ1) is 9.51.